The molecule has 3 nitrogen and oxygen atoms in total. The first-order valence-electron chi connectivity index (χ1n) is 8.69. The fourth-order valence-electron chi connectivity index (χ4n) is 3.13. The molecule has 0 saturated carbocycles. The molecule has 1 aromatic carbocycles. The summed E-state index contributed by atoms with van der Waals surface area (Å²) in [6.45, 7) is 9.97. The maximum absolute atomic E-state index is 4.84. The van der Waals surface area contributed by atoms with E-state index in [1.807, 2.05) is 0 Å². The second-order valence-corrected chi connectivity index (χ2v) is 7.40. The maximum Gasteiger partial charge on any atom is 0.123 e. The Morgan fingerprint density at radius 2 is 1.92 bits per heavy atom. The quantitative estimate of drug-likeness (QED) is 0.824. The molecule has 24 heavy (non-hydrogen) atoms. The maximum atomic E-state index is 4.84. The first-order valence-corrected chi connectivity index (χ1v) is 9.57. The monoisotopic (exact) mass is 365 g/mol. The van der Waals surface area contributed by atoms with Crippen LogP contribution in [-0.4, -0.2) is 36.1 Å². The van der Waals surface area contributed by atoms with Gasteiger partial charge in [0.1, 0.15) is 5.01 Å². The van der Waals surface area contributed by atoms with Crippen molar-refractivity contribution >= 4 is 23.7 Å². The van der Waals surface area contributed by atoms with E-state index in [0.717, 1.165) is 24.0 Å². The highest BCUT2D eigenvalue weighted by Gasteiger charge is 2.19. The standard InChI is InChI=1S/C19H27N3S.ClH/c1-3-20-12-16-8-10-22(11-9-16)13-18-14-23-19(21-18)17-6-4-15(2)5-7-17;/h4-7,14,16,20H,3,8-13H2,1-2H3;1H. The van der Waals surface area contributed by atoms with E-state index < -0.39 is 0 Å². The number of aryl methyl sites for hydroxylation is 1. The first-order chi connectivity index (χ1) is 11.2. The second-order valence-electron chi connectivity index (χ2n) is 6.54. The van der Waals surface area contributed by atoms with Gasteiger partial charge in [0.15, 0.2) is 0 Å². The Kier molecular flexibility index (Phi) is 7.69. The Hall–Kier alpha value is -0.940. The number of piperidine rings is 1. The van der Waals surface area contributed by atoms with Crippen molar-refractivity contribution < 1.29 is 0 Å². The van der Waals surface area contributed by atoms with E-state index in [9.17, 15) is 0 Å². The number of likely N-dealkylation sites (tertiary alicyclic amines) is 1. The molecule has 0 radical (unpaired) electrons. The summed E-state index contributed by atoms with van der Waals surface area (Å²) in [6.07, 6.45) is 2.61. The van der Waals surface area contributed by atoms with Gasteiger partial charge in [0.2, 0.25) is 0 Å². The van der Waals surface area contributed by atoms with Crippen LogP contribution < -0.4 is 5.32 Å². The van der Waals surface area contributed by atoms with E-state index in [1.54, 1.807) is 11.3 Å². The Balaban J connectivity index is 0.00000208. The minimum atomic E-state index is 0. The van der Waals surface area contributed by atoms with Crippen molar-refractivity contribution in [3.63, 3.8) is 0 Å². The van der Waals surface area contributed by atoms with Crippen molar-refractivity contribution in [2.24, 2.45) is 5.92 Å². The number of hydrogen-bond donors (Lipinski definition) is 1. The molecule has 0 aliphatic carbocycles. The average molecular weight is 366 g/mol. The lowest BCUT2D eigenvalue weighted by atomic mass is 9.97. The zero-order valence-corrected chi connectivity index (χ0v) is 16.3. The van der Waals surface area contributed by atoms with Crippen LogP contribution in [0.1, 0.15) is 31.0 Å². The SMILES string of the molecule is CCNCC1CCN(Cc2csc(-c3ccc(C)cc3)n2)CC1.Cl. The summed E-state index contributed by atoms with van der Waals surface area (Å²) in [7, 11) is 0. The van der Waals surface area contributed by atoms with Crippen LogP contribution in [0.5, 0.6) is 0 Å². The van der Waals surface area contributed by atoms with Gasteiger partial charge in [-0.1, -0.05) is 36.8 Å². The number of nitrogens with one attached hydrogen (secondary N) is 1. The number of hydrogen-bond acceptors (Lipinski definition) is 4. The van der Waals surface area contributed by atoms with Crippen molar-refractivity contribution in [2.45, 2.75) is 33.2 Å². The van der Waals surface area contributed by atoms with Crippen LogP contribution in [0.3, 0.4) is 0 Å². The number of nitrogens with zero attached hydrogens (tertiary/aromatic N) is 2. The van der Waals surface area contributed by atoms with Crippen LogP contribution in [0.15, 0.2) is 29.6 Å². The highest BCUT2D eigenvalue weighted by Crippen LogP contribution is 2.25. The van der Waals surface area contributed by atoms with Gasteiger partial charge in [-0.25, -0.2) is 4.98 Å². The third kappa shape index (κ3) is 5.28. The Labute approximate surface area is 155 Å². The third-order valence-electron chi connectivity index (χ3n) is 4.63. The second kappa shape index (κ2) is 9.52. The molecule has 0 unspecified atom stereocenters. The molecule has 1 aromatic heterocycles. The number of halogens is 1. The van der Waals surface area contributed by atoms with Gasteiger partial charge < -0.3 is 5.32 Å². The predicted octanol–water partition coefficient (Wildman–Crippen LogP) is 4.36. The van der Waals surface area contributed by atoms with E-state index in [4.69, 9.17) is 4.98 Å². The molecule has 0 atom stereocenters. The molecule has 5 heteroatoms. The normalized spacial score (nSPS) is 16.1. The summed E-state index contributed by atoms with van der Waals surface area (Å²) in [6, 6.07) is 8.66. The molecule has 3 rings (SSSR count). The Morgan fingerprint density at radius 1 is 1.21 bits per heavy atom. The van der Waals surface area contributed by atoms with Crippen LogP contribution in [0.4, 0.5) is 0 Å². The average Bonchev–Trinajstić information content (AvgIpc) is 3.03. The highest BCUT2D eigenvalue weighted by molar-refractivity contribution is 7.13. The number of benzene rings is 1. The van der Waals surface area contributed by atoms with Crippen molar-refractivity contribution in [3.8, 4) is 10.6 Å². The van der Waals surface area contributed by atoms with Gasteiger partial charge in [0, 0.05) is 17.5 Å². The lowest BCUT2D eigenvalue weighted by Crippen LogP contribution is -2.36. The smallest absolute Gasteiger partial charge is 0.123 e. The lowest BCUT2D eigenvalue weighted by Gasteiger charge is -2.31. The topological polar surface area (TPSA) is 28.2 Å². The van der Waals surface area contributed by atoms with Gasteiger partial charge in [0.25, 0.3) is 0 Å². The van der Waals surface area contributed by atoms with E-state index >= 15 is 0 Å². The summed E-state index contributed by atoms with van der Waals surface area (Å²) in [5.74, 6) is 0.852. The van der Waals surface area contributed by atoms with Crippen LogP contribution >= 0.6 is 23.7 Å². The van der Waals surface area contributed by atoms with Crippen molar-refractivity contribution in [2.75, 3.05) is 26.2 Å². The van der Waals surface area contributed by atoms with Gasteiger partial charge >= 0.3 is 0 Å². The molecule has 0 bridgehead atoms. The minimum Gasteiger partial charge on any atom is -0.317 e. The zero-order chi connectivity index (χ0) is 16.1. The molecule has 1 aliphatic rings. The van der Waals surface area contributed by atoms with Gasteiger partial charge in [0.05, 0.1) is 5.69 Å². The molecular weight excluding hydrogens is 338 g/mol. The first kappa shape index (κ1) is 19.4. The highest BCUT2D eigenvalue weighted by atomic mass is 35.5. The van der Waals surface area contributed by atoms with Crippen molar-refractivity contribution in [3.05, 3.63) is 40.9 Å². The number of rotatable bonds is 6. The summed E-state index contributed by atoms with van der Waals surface area (Å²) in [5, 5.41) is 6.84. The minimum absolute atomic E-state index is 0. The summed E-state index contributed by atoms with van der Waals surface area (Å²) < 4.78 is 0. The summed E-state index contributed by atoms with van der Waals surface area (Å²) in [5.41, 5.74) is 3.75. The van der Waals surface area contributed by atoms with Crippen LogP contribution in [0.25, 0.3) is 10.6 Å². The van der Waals surface area contributed by atoms with Gasteiger partial charge in [-0.15, -0.1) is 23.7 Å². The molecule has 1 aliphatic heterocycles. The third-order valence-corrected chi connectivity index (χ3v) is 5.57. The van der Waals surface area contributed by atoms with Crippen LogP contribution in [-0.2, 0) is 6.54 Å². The predicted molar refractivity (Wildman–Crippen MR) is 106 cm³/mol. The zero-order valence-electron chi connectivity index (χ0n) is 14.6. The van der Waals surface area contributed by atoms with Gasteiger partial charge in [-0.3, -0.25) is 4.90 Å². The molecule has 132 valence electrons. The van der Waals surface area contributed by atoms with E-state index in [-0.39, 0.29) is 12.4 Å². The Morgan fingerprint density at radius 3 is 2.58 bits per heavy atom. The lowest BCUT2D eigenvalue weighted by molar-refractivity contribution is 0.174. The molecule has 1 N–H and O–H groups in total. The molecule has 0 amide bonds. The van der Waals surface area contributed by atoms with E-state index in [0.29, 0.717) is 0 Å². The molecular formula is C19H28ClN3S. The van der Waals surface area contributed by atoms with Crippen LogP contribution in [0, 0.1) is 12.8 Å². The van der Waals surface area contributed by atoms with Crippen molar-refractivity contribution in [1.82, 2.24) is 15.2 Å². The van der Waals surface area contributed by atoms with Crippen molar-refractivity contribution in [1.29, 1.82) is 0 Å². The fraction of sp³-hybridized carbons (Fsp3) is 0.526. The van der Waals surface area contributed by atoms with Gasteiger partial charge in [-0.05, 0) is 51.9 Å². The van der Waals surface area contributed by atoms with E-state index in [1.165, 1.54) is 49.3 Å². The largest absolute Gasteiger partial charge is 0.317 e. The molecule has 2 aromatic rings. The number of thiazole rings is 1. The molecule has 2 heterocycles. The summed E-state index contributed by atoms with van der Waals surface area (Å²) >= 11 is 1.76. The summed E-state index contributed by atoms with van der Waals surface area (Å²) in [4.78, 5) is 7.39. The molecule has 0 spiro atoms. The van der Waals surface area contributed by atoms with Crippen LogP contribution in [0.2, 0.25) is 0 Å². The van der Waals surface area contributed by atoms with Gasteiger partial charge in [-0.2, -0.15) is 0 Å². The molecule has 1 fully saturated rings. The Bertz CT molecular complexity index is 603. The number of aromatic nitrogens is 1. The van der Waals surface area contributed by atoms with E-state index in [2.05, 4.69) is 53.7 Å². The fourth-order valence-corrected chi connectivity index (χ4v) is 3.95. The molecule has 1 saturated heterocycles.